The van der Waals surface area contributed by atoms with Crippen molar-refractivity contribution >= 4 is 6.03 Å². The number of carbonyl (C=O) groups excluding carboxylic acids is 1. The highest BCUT2D eigenvalue weighted by atomic mass is 16.5. The van der Waals surface area contributed by atoms with E-state index < -0.39 is 0 Å². The second-order valence-corrected chi connectivity index (χ2v) is 4.89. The molecule has 1 fully saturated rings. The van der Waals surface area contributed by atoms with Crippen molar-refractivity contribution in [3.63, 3.8) is 0 Å². The van der Waals surface area contributed by atoms with Crippen molar-refractivity contribution in [2.75, 3.05) is 33.3 Å². The standard InChI is InChI=1S/C15H23N3O2/c1-3-14(16-2)12-4-6-13(7-5-12)20-11-10-18-9-8-17-15(18)19/h4-7,14,16H,3,8-11H2,1-2H3,(H,17,19). The summed E-state index contributed by atoms with van der Waals surface area (Å²) in [6.45, 7) is 4.81. The summed E-state index contributed by atoms with van der Waals surface area (Å²) >= 11 is 0. The Bertz CT molecular complexity index is 429. The zero-order valence-corrected chi connectivity index (χ0v) is 12.2. The van der Waals surface area contributed by atoms with Gasteiger partial charge in [-0.2, -0.15) is 0 Å². The Morgan fingerprint density at radius 1 is 1.40 bits per heavy atom. The van der Waals surface area contributed by atoms with E-state index in [1.807, 2.05) is 19.2 Å². The van der Waals surface area contributed by atoms with E-state index in [-0.39, 0.29) is 6.03 Å². The molecule has 0 aliphatic carbocycles. The van der Waals surface area contributed by atoms with E-state index in [9.17, 15) is 4.79 Å². The quantitative estimate of drug-likeness (QED) is 0.798. The van der Waals surface area contributed by atoms with Crippen LogP contribution in [0.5, 0.6) is 5.75 Å². The summed E-state index contributed by atoms with van der Waals surface area (Å²) in [5, 5.41) is 6.06. The van der Waals surface area contributed by atoms with E-state index in [1.165, 1.54) is 5.56 Å². The number of rotatable bonds is 7. The Morgan fingerprint density at radius 3 is 2.70 bits per heavy atom. The lowest BCUT2D eigenvalue weighted by molar-refractivity contribution is 0.202. The Balaban J connectivity index is 1.80. The van der Waals surface area contributed by atoms with Crippen LogP contribution in [0.15, 0.2) is 24.3 Å². The third-order valence-electron chi connectivity index (χ3n) is 3.61. The van der Waals surface area contributed by atoms with Gasteiger partial charge in [0.15, 0.2) is 0 Å². The van der Waals surface area contributed by atoms with Crippen molar-refractivity contribution in [3.05, 3.63) is 29.8 Å². The van der Waals surface area contributed by atoms with E-state index >= 15 is 0 Å². The molecular formula is C15H23N3O2. The molecule has 1 unspecified atom stereocenters. The van der Waals surface area contributed by atoms with Crippen LogP contribution in [-0.2, 0) is 0 Å². The number of nitrogens with one attached hydrogen (secondary N) is 2. The lowest BCUT2D eigenvalue weighted by Gasteiger charge is -2.16. The van der Waals surface area contributed by atoms with Crippen LogP contribution in [0, 0.1) is 0 Å². The van der Waals surface area contributed by atoms with Crippen LogP contribution < -0.4 is 15.4 Å². The zero-order chi connectivity index (χ0) is 14.4. The predicted molar refractivity (Wildman–Crippen MR) is 79.0 cm³/mol. The van der Waals surface area contributed by atoms with Gasteiger partial charge in [-0.1, -0.05) is 19.1 Å². The van der Waals surface area contributed by atoms with Crippen LogP contribution in [-0.4, -0.2) is 44.2 Å². The first-order chi connectivity index (χ1) is 9.74. The average Bonchev–Trinajstić information content (AvgIpc) is 2.87. The molecule has 0 radical (unpaired) electrons. The van der Waals surface area contributed by atoms with Crippen molar-refractivity contribution in [2.45, 2.75) is 19.4 Å². The van der Waals surface area contributed by atoms with Crippen LogP contribution in [0.25, 0.3) is 0 Å². The van der Waals surface area contributed by atoms with Gasteiger partial charge in [-0.15, -0.1) is 0 Å². The van der Waals surface area contributed by atoms with Crippen LogP contribution in [0.3, 0.4) is 0 Å². The SMILES string of the molecule is CCC(NC)c1ccc(OCCN2CCNC2=O)cc1. The van der Waals surface area contributed by atoms with E-state index in [1.54, 1.807) is 4.90 Å². The van der Waals surface area contributed by atoms with Gasteiger partial charge >= 0.3 is 6.03 Å². The molecule has 2 rings (SSSR count). The lowest BCUT2D eigenvalue weighted by Crippen LogP contribution is -2.31. The maximum absolute atomic E-state index is 11.4. The molecule has 1 aliphatic rings. The highest BCUT2D eigenvalue weighted by Crippen LogP contribution is 2.19. The summed E-state index contributed by atoms with van der Waals surface area (Å²) in [4.78, 5) is 13.1. The fourth-order valence-electron chi connectivity index (χ4n) is 2.40. The summed E-state index contributed by atoms with van der Waals surface area (Å²) in [6.07, 6.45) is 1.06. The highest BCUT2D eigenvalue weighted by molar-refractivity contribution is 5.76. The number of hydrogen-bond acceptors (Lipinski definition) is 3. The maximum atomic E-state index is 11.4. The summed E-state index contributed by atoms with van der Waals surface area (Å²) in [5.74, 6) is 0.847. The average molecular weight is 277 g/mol. The molecular weight excluding hydrogens is 254 g/mol. The van der Waals surface area contributed by atoms with Crippen LogP contribution in [0.2, 0.25) is 0 Å². The van der Waals surface area contributed by atoms with Gasteiger partial charge in [-0.05, 0) is 31.2 Å². The first-order valence-electron chi connectivity index (χ1n) is 7.17. The van der Waals surface area contributed by atoms with Gasteiger partial charge in [0, 0.05) is 19.1 Å². The minimum Gasteiger partial charge on any atom is -0.492 e. The molecule has 0 spiro atoms. The minimum atomic E-state index is 0.00348. The van der Waals surface area contributed by atoms with Gasteiger partial charge in [0.2, 0.25) is 0 Å². The van der Waals surface area contributed by atoms with E-state index in [0.29, 0.717) is 19.2 Å². The molecule has 110 valence electrons. The normalized spacial score (nSPS) is 16.1. The number of carbonyl (C=O) groups is 1. The smallest absolute Gasteiger partial charge is 0.317 e. The second kappa shape index (κ2) is 7.14. The van der Waals surface area contributed by atoms with Gasteiger partial charge in [-0.3, -0.25) is 0 Å². The van der Waals surface area contributed by atoms with Crippen molar-refractivity contribution in [2.24, 2.45) is 0 Å². The minimum absolute atomic E-state index is 0.00348. The van der Waals surface area contributed by atoms with Crippen LogP contribution >= 0.6 is 0 Å². The second-order valence-electron chi connectivity index (χ2n) is 4.89. The zero-order valence-electron chi connectivity index (χ0n) is 12.2. The molecule has 1 atom stereocenters. The predicted octanol–water partition coefficient (Wildman–Crippen LogP) is 1.76. The third kappa shape index (κ3) is 3.63. The third-order valence-corrected chi connectivity index (χ3v) is 3.61. The highest BCUT2D eigenvalue weighted by Gasteiger charge is 2.18. The molecule has 0 aromatic heterocycles. The van der Waals surface area contributed by atoms with Gasteiger partial charge in [0.25, 0.3) is 0 Å². The molecule has 0 bridgehead atoms. The molecule has 1 aliphatic heterocycles. The topological polar surface area (TPSA) is 53.6 Å². The van der Waals surface area contributed by atoms with Crippen molar-refractivity contribution in [1.82, 2.24) is 15.5 Å². The number of benzene rings is 1. The van der Waals surface area contributed by atoms with Gasteiger partial charge < -0.3 is 20.3 Å². The van der Waals surface area contributed by atoms with Crippen molar-refractivity contribution < 1.29 is 9.53 Å². The van der Waals surface area contributed by atoms with Crippen molar-refractivity contribution in [3.8, 4) is 5.75 Å². The molecule has 1 heterocycles. The molecule has 0 saturated carbocycles. The fraction of sp³-hybridized carbons (Fsp3) is 0.533. The lowest BCUT2D eigenvalue weighted by atomic mass is 10.1. The molecule has 1 saturated heterocycles. The number of urea groups is 1. The Labute approximate surface area is 120 Å². The van der Waals surface area contributed by atoms with Gasteiger partial charge in [0.05, 0.1) is 6.54 Å². The molecule has 2 N–H and O–H groups in total. The summed E-state index contributed by atoms with van der Waals surface area (Å²) in [5.41, 5.74) is 1.27. The number of amides is 2. The molecule has 5 heteroatoms. The van der Waals surface area contributed by atoms with E-state index in [4.69, 9.17) is 4.74 Å². The Kier molecular flexibility index (Phi) is 5.24. The number of hydrogen-bond donors (Lipinski definition) is 2. The molecule has 1 aromatic rings. The number of ether oxygens (including phenoxy) is 1. The monoisotopic (exact) mass is 277 g/mol. The fourth-order valence-corrected chi connectivity index (χ4v) is 2.40. The molecule has 20 heavy (non-hydrogen) atoms. The molecule has 5 nitrogen and oxygen atoms in total. The first-order valence-corrected chi connectivity index (χ1v) is 7.17. The molecule has 1 aromatic carbocycles. The van der Waals surface area contributed by atoms with Gasteiger partial charge in [-0.25, -0.2) is 4.79 Å². The largest absolute Gasteiger partial charge is 0.492 e. The van der Waals surface area contributed by atoms with Crippen LogP contribution in [0.1, 0.15) is 24.9 Å². The maximum Gasteiger partial charge on any atom is 0.317 e. The Morgan fingerprint density at radius 2 is 2.15 bits per heavy atom. The Hall–Kier alpha value is -1.75. The van der Waals surface area contributed by atoms with E-state index in [0.717, 1.165) is 25.3 Å². The summed E-state index contributed by atoms with van der Waals surface area (Å²) in [7, 11) is 1.97. The first kappa shape index (κ1) is 14.7. The van der Waals surface area contributed by atoms with E-state index in [2.05, 4.69) is 29.7 Å². The van der Waals surface area contributed by atoms with Crippen molar-refractivity contribution in [1.29, 1.82) is 0 Å². The number of nitrogens with zero attached hydrogens (tertiary/aromatic N) is 1. The summed E-state index contributed by atoms with van der Waals surface area (Å²) < 4.78 is 5.68. The molecule has 2 amide bonds. The van der Waals surface area contributed by atoms with Gasteiger partial charge in [0.1, 0.15) is 12.4 Å². The summed E-state index contributed by atoms with van der Waals surface area (Å²) in [6, 6.07) is 8.53. The van der Waals surface area contributed by atoms with Crippen LogP contribution in [0.4, 0.5) is 4.79 Å².